The van der Waals surface area contributed by atoms with Crippen LogP contribution in [0.15, 0.2) is 0 Å². The molecule has 226 valence electrons. The van der Waals surface area contributed by atoms with E-state index in [1.54, 1.807) is 0 Å². The molecule has 1 heterocycles. The van der Waals surface area contributed by atoms with Crippen LogP contribution >= 0.6 is 0 Å². The molecule has 0 aromatic carbocycles. The minimum Gasteiger partial charge on any atom is -0.394 e. The van der Waals surface area contributed by atoms with Gasteiger partial charge in [-0.1, -0.05) is 84.0 Å². The van der Waals surface area contributed by atoms with E-state index in [0.717, 1.165) is 25.7 Å². The maximum Gasteiger partial charge on any atom is 0.246 e. The van der Waals surface area contributed by atoms with Gasteiger partial charge in [0.2, 0.25) is 5.91 Å². The van der Waals surface area contributed by atoms with Crippen molar-refractivity contribution in [1.82, 2.24) is 5.32 Å². The molecule has 0 saturated carbocycles. The zero-order valence-electron chi connectivity index (χ0n) is 23.2. The molecule has 11 nitrogen and oxygen atoms in total. The van der Waals surface area contributed by atoms with Gasteiger partial charge < -0.3 is 50.2 Å². The van der Waals surface area contributed by atoms with Crippen LogP contribution in [0, 0.1) is 0 Å². The molecule has 1 rings (SSSR count). The molecule has 1 amide bonds. The first-order chi connectivity index (χ1) is 18.3. The molecule has 0 spiro atoms. The average molecular weight is 552 g/mol. The Balaban J connectivity index is 2.43. The van der Waals surface area contributed by atoms with Gasteiger partial charge in [0.25, 0.3) is 0 Å². The first-order valence-electron chi connectivity index (χ1n) is 14.3. The second-order valence-corrected chi connectivity index (χ2v) is 10.4. The van der Waals surface area contributed by atoms with Crippen molar-refractivity contribution < 1.29 is 49.6 Å². The summed E-state index contributed by atoms with van der Waals surface area (Å²) < 4.78 is 15.6. The molecular formula is C27H53NO10. The van der Waals surface area contributed by atoms with E-state index in [1.807, 2.05) is 0 Å². The van der Waals surface area contributed by atoms with Crippen LogP contribution in [0.1, 0.15) is 90.4 Å². The number of rotatable bonds is 22. The number of ether oxygens (including phenoxy) is 3. The van der Waals surface area contributed by atoms with Gasteiger partial charge in [-0.3, -0.25) is 4.79 Å². The Labute approximate surface area is 227 Å². The second-order valence-electron chi connectivity index (χ2n) is 10.4. The van der Waals surface area contributed by atoms with E-state index in [0.29, 0.717) is 6.42 Å². The highest BCUT2D eigenvalue weighted by atomic mass is 16.7. The van der Waals surface area contributed by atoms with Crippen molar-refractivity contribution >= 4 is 5.91 Å². The van der Waals surface area contributed by atoms with Gasteiger partial charge >= 0.3 is 0 Å². The minimum absolute atomic E-state index is 0.266. The van der Waals surface area contributed by atoms with Gasteiger partial charge in [-0.2, -0.15) is 0 Å². The molecule has 8 atom stereocenters. The predicted octanol–water partition coefficient (Wildman–Crippen LogP) is 0.747. The van der Waals surface area contributed by atoms with Crippen molar-refractivity contribution in [1.29, 1.82) is 0 Å². The molecule has 38 heavy (non-hydrogen) atoms. The highest BCUT2D eigenvalue weighted by molar-refractivity contribution is 5.77. The van der Waals surface area contributed by atoms with Gasteiger partial charge in [0.15, 0.2) is 6.29 Å². The Hall–Kier alpha value is -0.890. The van der Waals surface area contributed by atoms with E-state index < -0.39 is 61.5 Å². The standard InChI is InChI=1S/C27H53NO10/c1-3-4-5-6-7-8-9-10-11-12-13-14-15-20(30)23(32)19(28-22(31)18-36-2)17-37-27-26(35)25(34)24(33)21(16-29)38-27/h19-21,23-27,29-30,32-35H,3-18H2,1-2H3,(H,28,31)/t19?,20?,21-,23?,24+,25+,26-,27+/m1/s1. The van der Waals surface area contributed by atoms with E-state index in [4.69, 9.17) is 14.2 Å². The lowest BCUT2D eigenvalue weighted by molar-refractivity contribution is -0.303. The highest BCUT2D eigenvalue weighted by Gasteiger charge is 2.44. The number of methoxy groups -OCH3 is 1. The SMILES string of the molecule is CCCCCCCCCCCCCCC(O)C(O)C(CO[C@H]1O[C@H](CO)[C@H](O)[C@H](O)[C@H]1O)NC(=O)COC. The van der Waals surface area contributed by atoms with Crippen LogP contribution in [0.3, 0.4) is 0 Å². The van der Waals surface area contributed by atoms with Crippen LogP contribution in [0.5, 0.6) is 0 Å². The van der Waals surface area contributed by atoms with Gasteiger partial charge in [0.05, 0.1) is 25.4 Å². The van der Waals surface area contributed by atoms with E-state index in [-0.39, 0.29) is 13.2 Å². The zero-order chi connectivity index (χ0) is 28.3. The van der Waals surface area contributed by atoms with Gasteiger partial charge in [-0.15, -0.1) is 0 Å². The van der Waals surface area contributed by atoms with Gasteiger partial charge in [0, 0.05) is 7.11 Å². The number of carbonyl (C=O) groups is 1. The second kappa shape index (κ2) is 20.9. The summed E-state index contributed by atoms with van der Waals surface area (Å²) in [6.07, 6.45) is 4.70. The van der Waals surface area contributed by atoms with Gasteiger partial charge in [0.1, 0.15) is 37.1 Å². The van der Waals surface area contributed by atoms with E-state index in [1.165, 1.54) is 58.5 Å². The molecule has 0 aliphatic carbocycles. The molecule has 1 aliphatic rings. The third-order valence-electron chi connectivity index (χ3n) is 7.07. The Bertz CT molecular complexity index is 596. The molecule has 7 N–H and O–H groups in total. The van der Waals surface area contributed by atoms with Crippen LogP contribution in [0.2, 0.25) is 0 Å². The molecule has 0 aromatic rings. The third-order valence-corrected chi connectivity index (χ3v) is 7.07. The number of nitrogens with one attached hydrogen (secondary N) is 1. The number of amides is 1. The fourth-order valence-electron chi connectivity index (χ4n) is 4.64. The van der Waals surface area contributed by atoms with Crippen LogP contribution in [-0.2, 0) is 19.0 Å². The number of carbonyl (C=O) groups excluding carboxylic acids is 1. The van der Waals surface area contributed by atoms with Crippen molar-refractivity contribution in [2.75, 3.05) is 26.9 Å². The molecule has 1 aliphatic heterocycles. The van der Waals surface area contributed by atoms with Crippen LogP contribution in [0.25, 0.3) is 0 Å². The van der Waals surface area contributed by atoms with Crippen molar-refractivity contribution in [3.8, 4) is 0 Å². The molecular weight excluding hydrogens is 498 g/mol. The van der Waals surface area contributed by atoms with Gasteiger partial charge in [-0.05, 0) is 6.42 Å². The van der Waals surface area contributed by atoms with Gasteiger partial charge in [-0.25, -0.2) is 0 Å². The Kier molecular flexibility index (Phi) is 19.4. The molecule has 1 saturated heterocycles. The lowest BCUT2D eigenvalue weighted by atomic mass is 9.98. The maximum absolute atomic E-state index is 12.1. The smallest absolute Gasteiger partial charge is 0.246 e. The fourth-order valence-corrected chi connectivity index (χ4v) is 4.64. The number of hydrogen-bond acceptors (Lipinski definition) is 10. The lowest BCUT2D eigenvalue weighted by Gasteiger charge is -2.40. The Morgan fingerprint density at radius 3 is 1.95 bits per heavy atom. The highest BCUT2D eigenvalue weighted by Crippen LogP contribution is 2.22. The predicted molar refractivity (Wildman–Crippen MR) is 141 cm³/mol. The maximum atomic E-state index is 12.1. The largest absolute Gasteiger partial charge is 0.394 e. The molecule has 11 heteroatoms. The van der Waals surface area contributed by atoms with Crippen LogP contribution in [0.4, 0.5) is 0 Å². The summed E-state index contributed by atoms with van der Waals surface area (Å²) in [5.74, 6) is -0.536. The minimum atomic E-state index is -1.62. The third kappa shape index (κ3) is 13.5. The van der Waals surface area contributed by atoms with Crippen molar-refractivity contribution in [3.63, 3.8) is 0 Å². The van der Waals surface area contributed by atoms with Crippen LogP contribution in [-0.4, -0.2) is 112 Å². The summed E-state index contributed by atoms with van der Waals surface area (Å²) in [7, 11) is 1.35. The summed E-state index contributed by atoms with van der Waals surface area (Å²) in [6.45, 7) is 0.980. The monoisotopic (exact) mass is 551 g/mol. The van der Waals surface area contributed by atoms with E-state index in [9.17, 15) is 35.4 Å². The molecule has 0 bridgehead atoms. The summed E-state index contributed by atoms with van der Waals surface area (Å²) in [5.41, 5.74) is 0. The van der Waals surface area contributed by atoms with E-state index in [2.05, 4.69) is 12.2 Å². The summed E-state index contributed by atoms with van der Waals surface area (Å²) in [6, 6.07) is -1.06. The normalized spacial score (nSPS) is 26.2. The zero-order valence-corrected chi connectivity index (χ0v) is 23.2. The number of aliphatic hydroxyl groups is 6. The van der Waals surface area contributed by atoms with Crippen molar-refractivity contribution in [3.05, 3.63) is 0 Å². The lowest BCUT2D eigenvalue weighted by Crippen LogP contribution is -2.60. The van der Waals surface area contributed by atoms with E-state index >= 15 is 0 Å². The van der Waals surface area contributed by atoms with Crippen molar-refractivity contribution in [2.24, 2.45) is 0 Å². The molecule has 1 fully saturated rings. The summed E-state index contributed by atoms with van der Waals surface area (Å²) in [5, 5.41) is 63.2. The Morgan fingerprint density at radius 2 is 1.42 bits per heavy atom. The summed E-state index contributed by atoms with van der Waals surface area (Å²) >= 11 is 0. The number of aliphatic hydroxyl groups excluding tert-OH is 6. The topological polar surface area (TPSA) is 178 Å². The summed E-state index contributed by atoms with van der Waals surface area (Å²) in [4.78, 5) is 12.1. The Morgan fingerprint density at radius 1 is 0.868 bits per heavy atom. The van der Waals surface area contributed by atoms with Crippen LogP contribution < -0.4 is 5.32 Å². The fraction of sp³-hybridized carbons (Fsp3) is 0.963. The molecule has 0 aromatic heterocycles. The number of unbranched alkanes of at least 4 members (excludes halogenated alkanes) is 11. The first-order valence-corrected chi connectivity index (χ1v) is 14.3. The number of hydrogen-bond donors (Lipinski definition) is 7. The molecule has 0 radical (unpaired) electrons. The average Bonchev–Trinajstić information content (AvgIpc) is 2.90. The first kappa shape index (κ1) is 35.1. The molecule has 3 unspecified atom stereocenters. The van der Waals surface area contributed by atoms with Crippen molar-refractivity contribution in [2.45, 2.75) is 139 Å². The quantitative estimate of drug-likeness (QED) is 0.0950.